The predicted octanol–water partition coefficient (Wildman–Crippen LogP) is 2.82. The molecule has 1 fully saturated rings. The van der Waals surface area contributed by atoms with Gasteiger partial charge in [0.05, 0.1) is 13.3 Å². The zero-order valence-corrected chi connectivity index (χ0v) is 16.4. The molecule has 142 valence electrons. The van der Waals surface area contributed by atoms with Crippen LogP contribution in [0.3, 0.4) is 0 Å². The Balaban J connectivity index is 1.42. The molecule has 2 aromatic rings. The Morgan fingerprint density at radius 1 is 1.23 bits per heavy atom. The highest BCUT2D eigenvalue weighted by Gasteiger charge is 2.21. The molecule has 1 aromatic carbocycles. The number of methoxy groups -OCH3 is 1. The molecule has 1 atom stereocenters. The van der Waals surface area contributed by atoms with E-state index in [1.54, 1.807) is 7.11 Å². The molecule has 0 radical (unpaired) electrons. The van der Waals surface area contributed by atoms with E-state index in [0.717, 1.165) is 37.7 Å². The van der Waals surface area contributed by atoms with Gasteiger partial charge in [0.25, 0.3) is 0 Å². The second-order valence-corrected chi connectivity index (χ2v) is 7.63. The molecule has 1 aliphatic rings. The van der Waals surface area contributed by atoms with Gasteiger partial charge in [0.1, 0.15) is 5.75 Å². The van der Waals surface area contributed by atoms with E-state index in [1.807, 2.05) is 17.9 Å². The zero-order chi connectivity index (χ0) is 18.4. The summed E-state index contributed by atoms with van der Waals surface area (Å²) in [6, 6.07) is 8.48. The summed E-state index contributed by atoms with van der Waals surface area (Å²) in [5.74, 6) is 1.70. The monoisotopic (exact) mass is 356 g/mol. The fourth-order valence-electron chi connectivity index (χ4n) is 3.95. The Hall–Kier alpha value is -1.85. The van der Waals surface area contributed by atoms with Crippen molar-refractivity contribution in [2.75, 3.05) is 40.3 Å². The van der Waals surface area contributed by atoms with Gasteiger partial charge in [0, 0.05) is 45.0 Å². The van der Waals surface area contributed by atoms with Crippen molar-refractivity contribution in [3.63, 3.8) is 0 Å². The van der Waals surface area contributed by atoms with Crippen molar-refractivity contribution in [1.29, 1.82) is 0 Å². The predicted molar refractivity (Wildman–Crippen MR) is 105 cm³/mol. The first-order valence-corrected chi connectivity index (χ1v) is 9.63. The summed E-state index contributed by atoms with van der Waals surface area (Å²) in [5, 5.41) is 4.27. The summed E-state index contributed by atoms with van der Waals surface area (Å²) in [6.45, 7) is 5.74. The summed E-state index contributed by atoms with van der Waals surface area (Å²) < 4.78 is 7.12. The molecular formula is C21H32N4O. The number of aromatic nitrogens is 2. The summed E-state index contributed by atoms with van der Waals surface area (Å²) in [5.41, 5.74) is 2.68. The number of ether oxygens (including phenoxy) is 1. The van der Waals surface area contributed by atoms with Crippen molar-refractivity contribution < 1.29 is 4.74 Å². The third-order valence-electron chi connectivity index (χ3n) is 5.26. The molecule has 0 aliphatic carbocycles. The van der Waals surface area contributed by atoms with Gasteiger partial charge >= 0.3 is 0 Å². The Morgan fingerprint density at radius 2 is 2.04 bits per heavy atom. The molecule has 1 saturated heterocycles. The van der Waals surface area contributed by atoms with Gasteiger partial charge in [0.2, 0.25) is 0 Å². The lowest BCUT2D eigenvalue weighted by molar-refractivity contribution is 0.142. The standard InChI is InChI=1S/C21H32N4O/c1-23(15-20-13-22-24(2)16-20)14-19-5-4-11-25(17-19)12-10-18-6-8-21(26-3)9-7-18/h6-9,13,16,19H,4-5,10-12,14-15,17H2,1-3H3. The van der Waals surface area contributed by atoms with Crippen molar-refractivity contribution >= 4 is 0 Å². The summed E-state index contributed by atoms with van der Waals surface area (Å²) in [4.78, 5) is 5.07. The highest BCUT2D eigenvalue weighted by Crippen LogP contribution is 2.19. The fourth-order valence-corrected chi connectivity index (χ4v) is 3.95. The smallest absolute Gasteiger partial charge is 0.118 e. The number of piperidine rings is 1. The molecule has 0 spiro atoms. The molecule has 1 aromatic heterocycles. The SMILES string of the molecule is COc1ccc(CCN2CCCC(CN(C)Cc3cnn(C)c3)C2)cc1. The quantitative estimate of drug-likeness (QED) is 0.728. The maximum Gasteiger partial charge on any atom is 0.118 e. The second kappa shape index (κ2) is 9.19. The van der Waals surface area contributed by atoms with Gasteiger partial charge in [-0.15, -0.1) is 0 Å². The van der Waals surface area contributed by atoms with Crippen LogP contribution in [0.5, 0.6) is 5.75 Å². The zero-order valence-electron chi connectivity index (χ0n) is 16.4. The molecule has 0 bridgehead atoms. The van der Waals surface area contributed by atoms with E-state index in [0.29, 0.717) is 0 Å². The van der Waals surface area contributed by atoms with Gasteiger partial charge in [-0.1, -0.05) is 12.1 Å². The molecule has 2 heterocycles. The summed E-state index contributed by atoms with van der Waals surface area (Å²) in [6.07, 6.45) is 7.85. The summed E-state index contributed by atoms with van der Waals surface area (Å²) in [7, 11) is 5.92. The number of hydrogen-bond donors (Lipinski definition) is 0. The number of rotatable bonds is 8. The fraction of sp³-hybridized carbons (Fsp3) is 0.571. The summed E-state index contributed by atoms with van der Waals surface area (Å²) >= 11 is 0. The van der Waals surface area contributed by atoms with Gasteiger partial charge in [-0.3, -0.25) is 4.68 Å². The molecule has 5 heteroatoms. The first kappa shape index (κ1) is 18.9. The highest BCUT2D eigenvalue weighted by atomic mass is 16.5. The maximum atomic E-state index is 5.24. The minimum absolute atomic E-state index is 0.765. The molecule has 5 nitrogen and oxygen atoms in total. The molecular weight excluding hydrogens is 324 g/mol. The minimum Gasteiger partial charge on any atom is -0.497 e. The van der Waals surface area contributed by atoms with Crippen LogP contribution in [0.25, 0.3) is 0 Å². The van der Waals surface area contributed by atoms with Crippen LogP contribution in [-0.2, 0) is 20.0 Å². The van der Waals surface area contributed by atoms with Crippen molar-refractivity contribution in [2.24, 2.45) is 13.0 Å². The van der Waals surface area contributed by atoms with Crippen LogP contribution in [0.2, 0.25) is 0 Å². The van der Waals surface area contributed by atoms with Crippen LogP contribution >= 0.6 is 0 Å². The lowest BCUT2D eigenvalue weighted by Gasteiger charge is -2.34. The molecule has 1 unspecified atom stereocenters. The Bertz CT molecular complexity index is 667. The lowest BCUT2D eigenvalue weighted by atomic mass is 9.97. The van der Waals surface area contributed by atoms with E-state index in [2.05, 4.69) is 52.4 Å². The third-order valence-corrected chi connectivity index (χ3v) is 5.26. The van der Waals surface area contributed by atoms with Crippen LogP contribution in [0.1, 0.15) is 24.0 Å². The first-order chi connectivity index (χ1) is 12.6. The van der Waals surface area contributed by atoms with Crippen molar-refractivity contribution in [1.82, 2.24) is 19.6 Å². The van der Waals surface area contributed by atoms with Crippen LogP contribution in [-0.4, -0.2) is 59.9 Å². The normalized spacial score (nSPS) is 18.4. The van der Waals surface area contributed by atoms with E-state index >= 15 is 0 Å². The first-order valence-electron chi connectivity index (χ1n) is 9.63. The van der Waals surface area contributed by atoms with Crippen molar-refractivity contribution in [3.05, 3.63) is 47.8 Å². The van der Waals surface area contributed by atoms with Crippen molar-refractivity contribution in [2.45, 2.75) is 25.8 Å². The van der Waals surface area contributed by atoms with E-state index < -0.39 is 0 Å². The second-order valence-electron chi connectivity index (χ2n) is 7.63. The molecule has 1 aliphatic heterocycles. The van der Waals surface area contributed by atoms with Gasteiger partial charge in [-0.05, 0) is 56.5 Å². The molecule has 26 heavy (non-hydrogen) atoms. The lowest BCUT2D eigenvalue weighted by Crippen LogP contribution is -2.40. The average Bonchev–Trinajstić information content (AvgIpc) is 3.05. The van der Waals surface area contributed by atoms with Gasteiger partial charge in [-0.2, -0.15) is 5.10 Å². The molecule has 0 N–H and O–H groups in total. The Kier molecular flexibility index (Phi) is 6.69. The van der Waals surface area contributed by atoms with Gasteiger partial charge in [-0.25, -0.2) is 0 Å². The molecule has 0 saturated carbocycles. The van der Waals surface area contributed by atoms with Gasteiger partial charge < -0.3 is 14.5 Å². The maximum absolute atomic E-state index is 5.24. The number of likely N-dealkylation sites (tertiary alicyclic amines) is 1. The molecule has 3 rings (SSSR count). The van der Waals surface area contributed by atoms with E-state index in [1.165, 1.54) is 37.1 Å². The van der Waals surface area contributed by atoms with Crippen LogP contribution in [0.15, 0.2) is 36.7 Å². The average molecular weight is 357 g/mol. The molecule has 0 amide bonds. The van der Waals surface area contributed by atoms with E-state index in [-0.39, 0.29) is 0 Å². The third kappa shape index (κ3) is 5.58. The number of hydrogen-bond acceptors (Lipinski definition) is 4. The number of benzene rings is 1. The number of nitrogens with zero attached hydrogens (tertiary/aromatic N) is 4. The van der Waals surface area contributed by atoms with E-state index in [9.17, 15) is 0 Å². The van der Waals surface area contributed by atoms with Crippen molar-refractivity contribution in [3.8, 4) is 5.75 Å². The Morgan fingerprint density at radius 3 is 2.73 bits per heavy atom. The van der Waals surface area contributed by atoms with Crippen LogP contribution in [0.4, 0.5) is 0 Å². The topological polar surface area (TPSA) is 33.5 Å². The van der Waals surface area contributed by atoms with E-state index in [4.69, 9.17) is 4.74 Å². The largest absolute Gasteiger partial charge is 0.497 e. The minimum atomic E-state index is 0.765. The van der Waals surface area contributed by atoms with Gasteiger partial charge in [0.15, 0.2) is 0 Å². The van der Waals surface area contributed by atoms with Crippen LogP contribution in [0, 0.1) is 5.92 Å². The highest BCUT2D eigenvalue weighted by molar-refractivity contribution is 5.27. The van der Waals surface area contributed by atoms with Crippen LogP contribution < -0.4 is 4.74 Å². The number of aryl methyl sites for hydroxylation is 1. The Labute approximate surface area is 157 Å².